The van der Waals surface area contributed by atoms with Gasteiger partial charge in [-0.15, -0.1) is 0 Å². The van der Waals surface area contributed by atoms with E-state index < -0.39 is 0 Å². The van der Waals surface area contributed by atoms with Crippen molar-refractivity contribution in [1.29, 1.82) is 5.26 Å². The molecule has 2 aromatic rings. The summed E-state index contributed by atoms with van der Waals surface area (Å²) in [7, 11) is 1.62. The van der Waals surface area contributed by atoms with Gasteiger partial charge in [-0.1, -0.05) is 12.1 Å². The van der Waals surface area contributed by atoms with Crippen LogP contribution < -0.4 is 10.5 Å². The second-order valence-corrected chi connectivity index (χ2v) is 4.09. The Hall–Kier alpha value is -2.41. The number of ether oxygens (including phenoxy) is 1. The molecule has 0 fully saturated rings. The molecule has 0 aliphatic heterocycles. The predicted octanol–water partition coefficient (Wildman–Crippen LogP) is 2.56. The van der Waals surface area contributed by atoms with Crippen molar-refractivity contribution >= 4 is 5.82 Å². The Balaban J connectivity index is 2.77. The Morgan fingerprint density at radius 1 is 1.28 bits per heavy atom. The minimum atomic E-state index is 0.456. The smallest absolute Gasteiger partial charge is 0.142 e. The monoisotopic (exact) mass is 241 g/mol. The van der Waals surface area contributed by atoms with Gasteiger partial charge in [-0.05, 0) is 31.5 Å². The molecule has 0 atom stereocenters. The zero-order chi connectivity index (χ0) is 13.3. The molecule has 0 spiro atoms. The van der Waals surface area contributed by atoms with Gasteiger partial charge in [0.05, 0.1) is 18.4 Å². The van der Waals surface area contributed by atoms with Gasteiger partial charge in [0.2, 0.25) is 0 Å². The van der Waals surface area contributed by atoms with Gasteiger partial charge in [0, 0.05) is 5.69 Å². The Morgan fingerprint density at radius 3 is 2.50 bits per heavy atom. The molecule has 0 radical (unpaired) electrons. The lowest BCUT2D eigenvalue weighted by Crippen LogP contribution is -2.04. The summed E-state index contributed by atoms with van der Waals surface area (Å²) in [6.07, 6.45) is 0. The van der Waals surface area contributed by atoms with E-state index in [-0.39, 0.29) is 0 Å². The number of nitriles is 1. The standard InChI is InChI=1S/C14H15N3O/c1-9-10(2)17(14(16)11(9)8-15)12-6-4-5-7-13(12)18-3/h4-7H,16H2,1-3H3. The molecule has 92 valence electrons. The summed E-state index contributed by atoms with van der Waals surface area (Å²) >= 11 is 0. The molecule has 0 amide bonds. The van der Waals surface area contributed by atoms with Crippen molar-refractivity contribution in [3.8, 4) is 17.5 Å². The molecule has 4 nitrogen and oxygen atoms in total. The molecule has 2 N–H and O–H groups in total. The third-order valence-corrected chi connectivity index (χ3v) is 3.19. The van der Waals surface area contributed by atoms with Crippen LogP contribution in [0, 0.1) is 25.2 Å². The van der Waals surface area contributed by atoms with E-state index in [1.165, 1.54) is 0 Å². The van der Waals surface area contributed by atoms with E-state index in [1.54, 1.807) is 7.11 Å². The molecule has 1 aromatic carbocycles. The highest BCUT2D eigenvalue weighted by atomic mass is 16.5. The van der Waals surface area contributed by atoms with Crippen molar-refractivity contribution in [2.24, 2.45) is 0 Å². The SMILES string of the molecule is COc1ccccc1-n1c(C)c(C)c(C#N)c1N. The van der Waals surface area contributed by atoms with E-state index in [9.17, 15) is 0 Å². The number of hydrogen-bond acceptors (Lipinski definition) is 3. The molecule has 0 saturated heterocycles. The fourth-order valence-electron chi connectivity index (χ4n) is 2.10. The highest BCUT2D eigenvalue weighted by Crippen LogP contribution is 2.31. The second kappa shape index (κ2) is 4.46. The maximum absolute atomic E-state index is 9.14. The third kappa shape index (κ3) is 1.61. The van der Waals surface area contributed by atoms with Crippen molar-refractivity contribution in [2.45, 2.75) is 13.8 Å². The fourth-order valence-corrected chi connectivity index (χ4v) is 2.10. The first-order valence-electron chi connectivity index (χ1n) is 5.62. The average Bonchev–Trinajstić information content (AvgIpc) is 2.60. The number of nitrogens with zero attached hydrogens (tertiary/aromatic N) is 2. The number of aromatic nitrogens is 1. The molecule has 0 aliphatic carbocycles. The summed E-state index contributed by atoms with van der Waals surface area (Å²) in [4.78, 5) is 0. The quantitative estimate of drug-likeness (QED) is 0.878. The van der Waals surface area contributed by atoms with E-state index in [0.29, 0.717) is 11.4 Å². The number of rotatable bonds is 2. The molecule has 18 heavy (non-hydrogen) atoms. The van der Waals surface area contributed by atoms with Gasteiger partial charge in [0.1, 0.15) is 17.6 Å². The lowest BCUT2D eigenvalue weighted by Gasteiger charge is -2.13. The summed E-state index contributed by atoms with van der Waals surface area (Å²) < 4.78 is 7.19. The molecule has 4 heteroatoms. The zero-order valence-electron chi connectivity index (χ0n) is 10.7. The minimum absolute atomic E-state index is 0.456. The van der Waals surface area contributed by atoms with Crippen molar-refractivity contribution in [2.75, 3.05) is 12.8 Å². The lowest BCUT2D eigenvalue weighted by molar-refractivity contribution is 0.413. The van der Waals surface area contributed by atoms with Crippen LogP contribution in [0.3, 0.4) is 0 Å². The van der Waals surface area contributed by atoms with Crippen LogP contribution in [0.2, 0.25) is 0 Å². The molecular formula is C14H15N3O. The Bertz CT molecular complexity index is 635. The first-order valence-corrected chi connectivity index (χ1v) is 5.62. The number of hydrogen-bond donors (Lipinski definition) is 1. The van der Waals surface area contributed by atoms with Crippen LogP contribution in [-0.2, 0) is 0 Å². The fraction of sp³-hybridized carbons (Fsp3) is 0.214. The van der Waals surface area contributed by atoms with Gasteiger partial charge in [0.15, 0.2) is 0 Å². The van der Waals surface area contributed by atoms with Gasteiger partial charge in [-0.3, -0.25) is 4.57 Å². The highest BCUT2D eigenvalue weighted by Gasteiger charge is 2.18. The lowest BCUT2D eigenvalue weighted by atomic mass is 10.2. The molecule has 1 aromatic heterocycles. The van der Waals surface area contributed by atoms with Gasteiger partial charge < -0.3 is 10.5 Å². The van der Waals surface area contributed by atoms with Gasteiger partial charge >= 0.3 is 0 Å². The van der Waals surface area contributed by atoms with Crippen molar-refractivity contribution in [3.05, 3.63) is 41.1 Å². The van der Waals surface area contributed by atoms with Crippen molar-refractivity contribution in [3.63, 3.8) is 0 Å². The highest BCUT2D eigenvalue weighted by molar-refractivity contribution is 5.64. The summed E-state index contributed by atoms with van der Waals surface area (Å²) in [5.74, 6) is 1.18. The van der Waals surface area contributed by atoms with Crippen LogP contribution in [0.4, 0.5) is 5.82 Å². The zero-order valence-corrected chi connectivity index (χ0v) is 10.7. The maximum atomic E-state index is 9.14. The van der Waals surface area contributed by atoms with Crippen LogP contribution >= 0.6 is 0 Å². The van der Waals surface area contributed by atoms with Gasteiger partial charge in [-0.25, -0.2) is 0 Å². The molecular weight excluding hydrogens is 226 g/mol. The normalized spacial score (nSPS) is 10.1. The number of methoxy groups -OCH3 is 1. The van der Waals surface area contributed by atoms with E-state index >= 15 is 0 Å². The number of nitrogens with two attached hydrogens (primary N) is 1. The third-order valence-electron chi connectivity index (χ3n) is 3.19. The van der Waals surface area contributed by atoms with E-state index in [2.05, 4.69) is 6.07 Å². The molecule has 0 saturated carbocycles. The Labute approximate surface area is 106 Å². The van der Waals surface area contributed by atoms with E-state index in [0.717, 1.165) is 22.7 Å². The second-order valence-electron chi connectivity index (χ2n) is 4.09. The van der Waals surface area contributed by atoms with Crippen LogP contribution in [-0.4, -0.2) is 11.7 Å². The van der Waals surface area contributed by atoms with Crippen LogP contribution in [0.1, 0.15) is 16.8 Å². The Kier molecular flexibility index (Phi) is 2.99. The molecule has 0 unspecified atom stereocenters. The first kappa shape index (κ1) is 12.1. The van der Waals surface area contributed by atoms with E-state index in [4.69, 9.17) is 15.7 Å². The van der Waals surface area contributed by atoms with E-state index in [1.807, 2.05) is 42.7 Å². The summed E-state index contributed by atoms with van der Waals surface area (Å²) in [5.41, 5.74) is 9.29. The summed E-state index contributed by atoms with van der Waals surface area (Å²) in [6.45, 7) is 3.84. The molecule has 0 aliphatic rings. The summed E-state index contributed by atoms with van der Waals surface area (Å²) in [5, 5.41) is 9.14. The largest absolute Gasteiger partial charge is 0.495 e. The first-order chi connectivity index (χ1) is 8.61. The Morgan fingerprint density at radius 2 is 1.94 bits per heavy atom. The number of nitrogen functional groups attached to an aromatic ring is 1. The summed E-state index contributed by atoms with van der Waals surface area (Å²) in [6, 6.07) is 9.75. The van der Waals surface area contributed by atoms with Crippen LogP contribution in [0.25, 0.3) is 5.69 Å². The minimum Gasteiger partial charge on any atom is -0.495 e. The molecule has 1 heterocycles. The predicted molar refractivity (Wildman–Crippen MR) is 70.9 cm³/mol. The van der Waals surface area contributed by atoms with Crippen molar-refractivity contribution in [1.82, 2.24) is 4.57 Å². The topological polar surface area (TPSA) is 64.0 Å². The molecule has 0 bridgehead atoms. The van der Waals surface area contributed by atoms with Crippen LogP contribution in [0.15, 0.2) is 24.3 Å². The number of anilines is 1. The number of benzene rings is 1. The number of para-hydroxylation sites is 2. The van der Waals surface area contributed by atoms with Gasteiger partial charge in [0.25, 0.3) is 0 Å². The maximum Gasteiger partial charge on any atom is 0.142 e. The van der Waals surface area contributed by atoms with Gasteiger partial charge in [-0.2, -0.15) is 5.26 Å². The van der Waals surface area contributed by atoms with Crippen molar-refractivity contribution < 1.29 is 4.74 Å². The average molecular weight is 241 g/mol. The molecule has 2 rings (SSSR count). The van der Waals surface area contributed by atoms with Crippen LogP contribution in [0.5, 0.6) is 5.75 Å².